The lowest BCUT2D eigenvalue weighted by Gasteiger charge is -2.16. The maximum Gasteiger partial charge on any atom is 0.232 e. The van der Waals surface area contributed by atoms with E-state index < -0.39 is 6.10 Å². The molecule has 0 aromatic carbocycles. The summed E-state index contributed by atoms with van der Waals surface area (Å²) in [5, 5.41) is 14.5. The van der Waals surface area contributed by atoms with Crippen molar-refractivity contribution in [1.82, 2.24) is 4.98 Å². The van der Waals surface area contributed by atoms with Crippen LogP contribution < -0.4 is 5.32 Å². The van der Waals surface area contributed by atoms with Crippen molar-refractivity contribution in [2.75, 3.05) is 5.32 Å². The zero-order valence-electron chi connectivity index (χ0n) is 11.6. The normalized spacial score (nSPS) is 32.3. The van der Waals surface area contributed by atoms with Gasteiger partial charge in [-0.3, -0.25) is 4.79 Å². The van der Waals surface area contributed by atoms with Crippen LogP contribution in [0, 0.1) is 11.8 Å². The zero-order chi connectivity index (χ0) is 14.2. The monoisotopic (exact) mass is 284 g/mol. The molecular weight excluding hydrogens is 264 g/mol. The van der Waals surface area contributed by atoms with Gasteiger partial charge in [-0.15, -0.1) is 11.3 Å². The molecule has 1 aromatic heterocycles. The number of rotatable bonds is 3. The Morgan fingerprint density at radius 1 is 1.47 bits per heavy atom. The molecule has 0 spiro atoms. The van der Waals surface area contributed by atoms with E-state index in [1.165, 1.54) is 11.3 Å². The van der Waals surface area contributed by atoms with Crippen LogP contribution in [0.4, 0.5) is 5.13 Å². The molecule has 1 fully saturated rings. The van der Waals surface area contributed by atoms with Crippen LogP contribution in [-0.2, 0) is 9.53 Å². The first-order chi connectivity index (χ1) is 8.90. The number of hydrogen-bond acceptors (Lipinski definition) is 5. The average molecular weight is 284 g/mol. The minimum absolute atomic E-state index is 0.0594. The molecular formula is C13H20N2O3S. The van der Waals surface area contributed by atoms with Gasteiger partial charge in [-0.25, -0.2) is 4.98 Å². The molecule has 0 radical (unpaired) electrons. The summed E-state index contributed by atoms with van der Waals surface area (Å²) in [6.07, 6.45) is -0.606. The first-order valence-electron chi connectivity index (χ1n) is 6.50. The second-order valence-corrected chi connectivity index (χ2v) is 6.03. The topological polar surface area (TPSA) is 71.5 Å². The van der Waals surface area contributed by atoms with Gasteiger partial charge in [0.05, 0.1) is 29.9 Å². The van der Waals surface area contributed by atoms with Gasteiger partial charge in [0.15, 0.2) is 5.13 Å². The zero-order valence-corrected chi connectivity index (χ0v) is 12.4. The van der Waals surface area contributed by atoms with E-state index in [1.807, 2.05) is 20.8 Å². The van der Waals surface area contributed by atoms with Crippen LogP contribution in [0.2, 0.25) is 0 Å². The quantitative estimate of drug-likeness (QED) is 0.892. The fourth-order valence-electron chi connectivity index (χ4n) is 2.44. The number of anilines is 1. The Hall–Kier alpha value is -0.980. The average Bonchev–Trinajstić information content (AvgIpc) is 2.85. The number of hydrogen-bond donors (Lipinski definition) is 2. The molecule has 5 unspecified atom stereocenters. The minimum atomic E-state index is -0.616. The van der Waals surface area contributed by atoms with Gasteiger partial charge in [-0.2, -0.15) is 0 Å². The molecule has 2 rings (SSSR count). The number of nitrogens with one attached hydrogen (secondary N) is 1. The van der Waals surface area contributed by atoms with Crippen LogP contribution >= 0.6 is 11.3 Å². The molecule has 1 saturated heterocycles. The molecule has 5 nitrogen and oxygen atoms in total. The smallest absolute Gasteiger partial charge is 0.232 e. The summed E-state index contributed by atoms with van der Waals surface area (Å²) >= 11 is 1.32. The Morgan fingerprint density at radius 3 is 2.63 bits per heavy atom. The van der Waals surface area contributed by atoms with Gasteiger partial charge in [-0.05, 0) is 26.7 Å². The van der Waals surface area contributed by atoms with Crippen molar-refractivity contribution in [3.63, 3.8) is 0 Å². The Balaban J connectivity index is 2.04. The third-order valence-electron chi connectivity index (χ3n) is 3.72. The second-order valence-electron chi connectivity index (χ2n) is 5.17. The van der Waals surface area contributed by atoms with E-state index in [0.29, 0.717) is 10.8 Å². The van der Waals surface area contributed by atoms with E-state index in [9.17, 15) is 9.90 Å². The summed E-state index contributed by atoms with van der Waals surface area (Å²) < 4.78 is 5.67. The van der Waals surface area contributed by atoms with Crippen LogP contribution in [-0.4, -0.2) is 28.2 Å². The van der Waals surface area contributed by atoms with Crippen molar-refractivity contribution in [3.8, 4) is 0 Å². The number of aliphatic hydroxyl groups is 1. The molecule has 5 atom stereocenters. The largest absolute Gasteiger partial charge is 0.387 e. The van der Waals surface area contributed by atoms with E-state index >= 15 is 0 Å². The van der Waals surface area contributed by atoms with Gasteiger partial charge < -0.3 is 15.2 Å². The molecule has 0 bridgehead atoms. The third-order valence-corrected chi connectivity index (χ3v) is 4.50. The molecule has 6 heteroatoms. The SMILES string of the molecule is CC(O)c1csc(NC(=O)C2C(C)OC(C)C2C)n1. The predicted molar refractivity (Wildman–Crippen MR) is 74.0 cm³/mol. The van der Waals surface area contributed by atoms with Crippen molar-refractivity contribution in [2.24, 2.45) is 11.8 Å². The van der Waals surface area contributed by atoms with Gasteiger partial charge in [0.25, 0.3) is 0 Å². The first-order valence-corrected chi connectivity index (χ1v) is 7.38. The molecule has 1 aromatic rings. The van der Waals surface area contributed by atoms with Crippen molar-refractivity contribution in [1.29, 1.82) is 0 Å². The Morgan fingerprint density at radius 2 is 2.16 bits per heavy atom. The van der Waals surface area contributed by atoms with Crippen LogP contribution in [0.15, 0.2) is 5.38 Å². The summed E-state index contributed by atoms with van der Waals surface area (Å²) in [4.78, 5) is 16.5. The van der Waals surface area contributed by atoms with Gasteiger partial charge in [0.2, 0.25) is 5.91 Å². The standard InChI is InChI=1S/C13H20N2O3S/c1-6-8(3)18-9(4)11(6)12(17)15-13-14-10(5-19-13)7(2)16/h5-9,11,16H,1-4H3,(H,14,15,17). The van der Waals surface area contributed by atoms with Crippen molar-refractivity contribution in [2.45, 2.75) is 46.0 Å². The maximum atomic E-state index is 12.3. The number of thiazole rings is 1. The lowest BCUT2D eigenvalue weighted by atomic mass is 9.89. The number of carbonyl (C=O) groups excluding carboxylic acids is 1. The van der Waals surface area contributed by atoms with Crippen LogP contribution in [0.3, 0.4) is 0 Å². The number of amides is 1. The molecule has 2 N–H and O–H groups in total. The second kappa shape index (κ2) is 5.56. The minimum Gasteiger partial charge on any atom is -0.387 e. The Kier molecular flexibility index (Phi) is 4.23. The van der Waals surface area contributed by atoms with Gasteiger partial charge in [0.1, 0.15) is 0 Å². The highest BCUT2D eigenvalue weighted by Crippen LogP contribution is 2.33. The van der Waals surface area contributed by atoms with Gasteiger partial charge in [-0.1, -0.05) is 6.92 Å². The van der Waals surface area contributed by atoms with Gasteiger partial charge >= 0.3 is 0 Å². The van der Waals surface area contributed by atoms with E-state index in [-0.39, 0.29) is 30.0 Å². The lowest BCUT2D eigenvalue weighted by molar-refractivity contribution is -0.121. The molecule has 2 heterocycles. The Bertz CT molecular complexity index is 460. The van der Waals surface area contributed by atoms with Crippen LogP contribution in [0.25, 0.3) is 0 Å². The van der Waals surface area contributed by atoms with Crippen molar-refractivity contribution in [3.05, 3.63) is 11.1 Å². The molecule has 19 heavy (non-hydrogen) atoms. The van der Waals surface area contributed by atoms with Crippen molar-refractivity contribution >= 4 is 22.4 Å². The highest BCUT2D eigenvalue weighted by Gasteiger charge is 2.41. The molecule has 106 valence electrons. The maximum absolute atomic E-state index is 12.3. The highest BCUT2D eigenvalue weighted by molar-refractivity contribution is 7.13. The van der Waals surface area contributed by atoms with E-state index in [2.05, 4.69) is 10.3 Å². The van der Waals surface area contributed by atoms with E-state index in [4.69, 9.17) is 4.74 Å². The molecule has 1 aliphatic heterocycles. The fraction of sp³-hybridized carbons (Fsp3) is 0.692. The number of ether oxygens (including phenoxy) is 1. The highest BCUT2D eigenvalue weighted by atomic mass is 32.1. The van der Waals surface area contributed by atoms with Crippen LogP contribution in [0.1, 0.15) is 39.5 Å². The summed E-state index contributed by atoms with van der Waals surface area (Å²) in [5.74, 6) is -0.0315. The predicted octanol–water partition coefficient (Wildman–Crippen LogP) is 2.19. The molecule has 1 amide bonds. The van der Waals surface area contributed by atoms with E-state index in [0.717, 1.165) is 0 Å². The molecule has 1 aliphatic rings. The molecule has 0 saturated carbocycles. The summed E-state index contributed by atoms with van der Waals surface area (Å²) in [7, 11) is 0. The first kappa shape index (κ1) is 14.4. The summed E-state index contributed by atoms with van der Waals surface area (Å²) in [6.45, 7) is 7.59. The van der Waals surface area contributed by atoms with Crippen LogP contribution in [0.5, 0.6) is 0 Å². The van der Waals surface area contributed by atoms with E-state index in [1.54, 1.807) is 12.3 Å². The molecule has 0 aliphatic carbocycles. The number of nitrogens with zero attached hydrogens (tertiary/aromatic N) is 1. The lowest BCUT2D eigenvalue weighted by Crippen LogP contribution is -2.31. The summed E-state index contributed by atoms with van der Waals surface area (Å²) in [6, 6.07) is 0. The summed E-state index contributed by atoms with van der Waals surface area (Å²) in [5.41, 5.74) is 0.581. The Labute approximate surface area is 117 Å². The number of aliphatic hydroxyl groups excluding tert-OH is 1. The number of carbonyl (C=O) groups is 1. The third kappa shape index (κ3) is 2.96. The fourth-order valence-corrected chi connectivity index (χ4v) is 3.24. The van der Waals surface area contributed by atoms with Crippen molar-refractivity contribution < 1.29 is 14.6 Å². The van der Waals surface area contributed by atoms with Gasteiger partial charge in [0, 0.05) is 5.38 Å². The number of aromatic nitrogens is 1.